The summed E-state index contributed by atoms with van der Waals surface area (Å²) in [4.78, 5) is 11.9. The average Bonchev–Trinajstić information content (AvgIpc) is 2.64. The Morgan fingerprint density at radius 2 is 1.85 bits per heavy atom. The van der Waals surface area contributed by atoms with Crippen molar-refractivity contribution >= 4 is 17.7 Å². The maximum atomic E-state index is 11.9. The van der Waals surface area contributed by atoms with Crippen LogP contribution in [0.25, 0.3) is 6.08 Å². The van der Waals surface area contributed by atoms with Gasteiger partial charge in [-0.3, -0.25) is 9.48 Å². The van der Waals surface area contributed by atoms with Crippen LogP contribution in [0.2, 0.25) is 0 Å². The van der Waals surface area contributed by atoms with Crippen molar-refractivity contribution in [1.29, 1.82) is 0 Å². The summed E-state index contributed by atoms with van der Waals surface area (Å²) in [6, 6.07) is 7.72. The molecule has 4 nitrogen and oxygen atoms in total. The minimum Gasteiger partial charge on any atom is -0.323 e. The molecule has 0 spiro atoms. The first-order valence-corrected chi connectivity index (χ1v) is 6.53. The van der Waals surface area contributed by atoms with Crippen LogP contribution < -0.4 is 5.32 Å². The molecule has 0 saturated carbocycles. The Hall–Kier alpha value is -2.36. The number of hydrogen-bond acceptors (Lipinski definition) is 2. The van der Waals surface area contributed by atoms with Gasteiger partial charge >= 0.3 is 0 Å². The largest absolute Gasteiger partial charge is 0.323 e. The van der Waals surface area contributed by atoms with Crippen molar-refractivity contribution in [3.8, 4) is 0 Å². The Kier molecular flexibility index (Phi) is 4.03. The lowest BCUT2D eigenvalue weighted by Crippen LogP contribution is -2.07. The molecule has 1 heterocycles. The molecule has 1 aromatic carbocycles. The van der Waals surface area contributed by atoms with E-state index in [4.69, 9.17) is 0 Å². The van der Waals surface area contributed by atoms with Crippen LogP contribution in [0.1, 0.15) is 22.5 Å². The van der Waals surface area contributed by atoms with E-state index < -0.39 is 0 Å². The first-order chi connectivity index (χ1) is 9.47. The van der Waals surface area contributed by atoms with Gasteiger partial charge in [-0.2, -0.15) is 5.10 Å². The highest BCUT2D eigenvalue weighted by Gasteiger charge is 2.06. The number of nitrogens with zero attached hydrogens (tertiary/aromatic N) is 2. The van der Waals surface area contributed by atoms with Crippen LogP contribution in [0, 0.1) is 20.8 Å². The van der Waals surface area contributed by atoms with E-state index in [2.05, 4.69) is 10.4 Å². The molecule has 0 bridgehead atoms. The molecule has 1 aromatic heterocycles. The first-order valence-electron chi connectivity index (χ1n) is 6.53. The summed E-state index contributed by atoms with van der Waals surface area (Å²) < 4.78 is 1.81. The van der Waals surface area contributed by atoms with Crippen molar-refractivity contribution in [2.75, 3.05) is 5.32 Å². The van der Waals surface area contributed by atoms with Gasteiger partial charge in [-0.05, 0) is 39.0 Å². The highest BCUT2D eigenvalue weighted by atomic mass is 16.1. The van der Waals surface area contributed by atoms with Crippen molar-refractivity contribution in [2.24, 2.45) is 7.05 Å². The van der Waals surface area contributed by atoms with Crippen molar-refractivity contribution in [1.82, 2.24) is 9.78 Å². The summed E-state index contributed by atoms with van der Waals surface area (Å²) in [6.07, 6.45) is 3.35. The Balaban J connectivity index is 2.07. The van der Waals surface area contributed by atoms with E-state index in [-0.39, 0.29) is 5.91 Å². The highest BCUT2D eigenvalue weighted by molar-refractivity contribution is 6.02. The van der Waals surface area contributed by atoms with Crippen LogP contribution in [-0.4, -0.2) is 15.7 Å². The zero-order chi connectivity index (χ0) is 14.7. The van der Waals surface area contributed by atoms with Gasteiger partial charge in [0.1, 0.15) is 0 Å². The number of hydrogen-bond donors (Lipinski definition) is 1. The fraction of sp³-hybridized carbons (Fsp3) is 0.250. The van der Waals surface area contributed by atoms with E-state index in [9.17, 15) is 4.79 Å². The minimum absolute atomic E-state index is 0.142. The average molecular weight is 269 g/mol. The standard InChI is InChI=1S/C16H19N3O/c1-11-5-7-14(8-6-11)17-16(20)10-9-15-12(2)18-19(4)13(15)3/h5-10H,1-4H3,(H,17,20)/b10-9+. The summed E-state index contributed by atoms with van der Waals surface area (Å²) in [5.74, 6) is -0.142. The maximum Gasteiger partial charge on any atom is 0.248 e. The molecule has 0 aliphatic heterocycles. The lowest BCUT2D eigenvalue weighted by atomic mass is 10.2. The zero-order valence-electron chi connectivity index (χ0n) is 12.3. The van der Waals surface area contributed by atoms with Crippen LogP contribution >= 0.6 is 0 Å². The first kappa shape index (κ1) is 14.1. The molecule has 0 radical (unpaired) electrons. The predicted molar refractivity (Wildman–Crippen MR) is 81.5 cm³/mol. The van der Waals surface area contributed by atoms with E-state index in [0.717, 1.165) is 22.6 Å². The molecular formula is C16H19N3O. The summed E-state index contributed by atoms with van der Waals surface area (Å²) in [5.41, 5.74) is 4.92. The zero-order valence-corrected chi connectivity index (χ0v) is 12.3. The fourth-order valence-corrected chi connectivity index (χ4v) is 2.01. The molecule has 0 aliphatic rings. The number of carbonyl (C=O) groups excluding carboxylic acids is 1. The third kappa shape index (κ3) is 3.15. The Morgan fingerprint density at radius 1 is 1.20 bits per heavy atom. The van der Waals surface area contributed by atoms with Crippen LogP contribution in [0.15, 0.2) is 30.3 Å². The quantitative estimate of drug-likeness (QED) is 0.871. The van der Waals surface area contributed by atoms with Gasteiger partial charge in [-0.1, -0.05) is 17.7 Å². The maximum absolute atomic E-state index is 11.9. The van der Waals surface area contributed by atoms with Gasteiger partial charge in [0.15, 0.2) is 0 Å². The lowest BCUT2D eigenvalue weighted by Gasteiger charge is -2.02. The monoisotopic (exact) mass is 269 g/mol. The van der Waals surface area contributed by atoms with Gasteiger partial charge in [-0.15, -0.1) is 0 Å². The molecule has 0 aliphatic carbocycles. The third-order valence-electron chi connectivity index (χ3n) is 3.29. The molecule has 0 saturated heterocycles. The topological polar surface area (TPSA) is 46.9 Å². The van der Waals surface area contributed by atoms with Gasteiger partial charge in [0.05, 0.1) is 5.69 Å². The number of amides is 1. The molecule has 0 atom stereocenters. The predicted octanol–water partition coefficient (Wildman–Crippen LogP) is 3.00. The second-order valence-corrected chi connectivity index (χ2v) is 4.90. The number of aryl methyl sites for hydroxylation is 3. The van der Waals surface area contributed by atoms with E-state index in [1.165, 1.54) is 11.6 Å². The second-order valence-electron chi connectivity index (χ2n) is 4.90. The minimum atomic E-state index is -0.142. The number of aromatic nitrogens is 2. The number of nitrogens with one attached hydrogen (secondary N) is 1. The van der Waals surface area contributed by atoms with Crippen LogP contribution in [0.4, 0.5) is 5.69 Å². The molecule has 1 N–H and O–H groups in total. The van der Waals surface area contributed by atoms with Crippen LogP contribution in [0.3, 0.4) is 0 Å². The van der Waals surface area contributed by atoms with Gasteiger partial charge in [0.2, 0.25) is 5.91 Å². The van der Waals surface area contributed by atoms with Gasteiger partial charge in [-0.25, -0.2) is 0 Å². The summed E-state index contributed by atoms with van der Waals surface area (Å²) in [7, 11) is 1.89. The fourth-order valence-electron chi connectivity index (χ4n) is 2.01. The summed E-state index contributed by atoms with van der Waals surface area (Å²) in [6.45, 7) is 5.93. The van der Waals surface area contributed by atoms with Gasteiger partial charge in [0.25, 0.3) is 0 Å². The molecule has 0 unspecified atom stereocenters. The SMILES string of the molecule is Cc1ccc(NC(=O)/C=C/c2c(C)nn(C)c2C)cc1. The number of carbonyl (C=O) groups is 1. The number of rotatable bonds is 3. The van der Waals surface area contributed by atoms with Crippen molar-refractivity contribution < 1.29 is 4.79 Å². The number of anilines is 1. The van der Waals surface area contributed by atoms with E-state index >= 15 is 0 Å². The van der Waals surface area contributed by atoms with Gasteiger partial charge in [0, 0.05) is 30.1 Å². The van der Waals surface area contributed by atoms with Crippen molar-refractivity contribution in [3.05, 3.63) is 52.9 Å². The molecular weight excluding hydrogens is 250 g/mol. The Morgan fingerprint density at radius 3 is 2.40 bits per heavy atom. The molecule has 104 valence electrons. The van der Waals surface area contributed by atoms with Crippen molar-refractivity contribution in [3.63, 3.8) is 0 Å². The molecule has 1 amide bonds. The Labute approximate surface area is 119 Å². The molecule has 0 fully saturated rings. The highest BCUT2D eigenvalue weighted by Crippen LogP contribution is 2.14. The summed E-state index contributed by atoms with van der Waals surface area (Å²) in [5, 5.41) is 7.15. The molecule has 4 heteroatoms. The number of benzene rings is 1. The lowest BCUT2D eigenvalue weighted by molar-refractivity contribution is -0.111. The van der Waals surface area contributed by atoms with Crippen LogP contribution in [0.5, 0.6) is 0 Å². The summed E-state index contributed by atoms with van der Waals surface area (Å²) >= 11 is 0. The third-order valence-corrected chi connectivity index (χ3v) is 3.29. The normalized spacial score (nSPS) is 11.0. The van der Waals surface area contributed by atoms with E-state index in [0.29, 0.717) is 0 Å². The molecule has 20 heavy (non-hydrogen) atoms. The van der Waals surface area contributed by atoms with Crippen LogP contribution in [-0.2, 0) is 11.8 Å². The second kappa shape index (κ2) is 5.74. The molecule has 2 rings (SSSR count). The van der Waals surface area contributed by atoms with E-state index in [1.54, 1.807) is 6.08 Å². The smallest absolute Gasteiger partial charge is 0.248 e. The van der Waals surface area contributed by atoms with Crippen molar-refractivity contribution in [2.45, 2.75) is 20.8 Å². The van der Waals surface area contributed by atoms with Gasteiger partial charge < -0.3 is 5.32 Å². The Bertz CT molecular complexity index is 651. The van der Waals surface area contributed by atoms with E-state index in [1.807, 2.05) is 56.8 Å². The molecule has 2 aromatic rings.